The highest BCUT2D eigenvalue weighted by Gasteiger charge is 2.21. The maximum absolute atomic E-state index is 11.3. The fourth-order valence-corrected chi connectivity index (χ4v) is 1.99. The number of aliphatic hydroxyl groups excluding tert-OH is 1. The van der Waals surface area contributed by atoms with Gasteiger partial charge in [-0.3, -0.25) is 9.69 Å². The van der Waals surface area contributed by atoms with Crippen LogP contribution in [-0.4, -0.2) is 48.2 Å². The van der Waals surface area contributed by atoms with Crippen molar-refractivity contribution >= 4 is 5.91 Å². The summed E-state index contributed by atoms with van der Waals surface area (Å²) in [5, 5.41) is 11.8. The minimum Gasteiger partial charge on any atom is -0.395 e. The van der Waals surface area contributed by atoms with E-state index in [9.17, 15) is 4.79 Å². The van der Waals surface area contributed by atoms with Gasteiger partial charge in [-0.05, 0) is 19.4 Å². The number of aliphatic hydroxyl groups is 1. The van der Waals surface area contributed by atoms with E-state index in [0.29, 0.717) is 19.0 Å². The monoisotopic (exact) mass is 200 g/mol. The third-order valence-corrected chi connectivity index (χ3v) is 2.77. The number of hydrogen-bond donors (Lipinski definition) is 2. The fraction of sp³-hybridized carbons (Fsp3) is 0.900. The van der Waals surface area contributed by atoms with E-state index in [1.165, 1.54) is 0 Å². The summed E-state index contributed by atoms with van der Waals surface area (Å²) in [6.07, 6.45) is 2.67. The van der Waals surface area contributed by atoms with E-state index in [2.05, 4.69) is 17.1 Å². The van der Waals surface area contributed by atoms with Gasteiger partial charge in [-0.1, -0.05) is 6.92 Å². The van der Waals surface area contributed by atoms with Gasteiger partial charge >= 0.3 is 0 Å². The van der Waals surface area contributed by atoms with Crippen LogP contribution in [-0.2, 0) is 4.79 Å². The summed E-state index contributed by atoms with van der Waals surface area (Å²) in [4.78, 5) is 13.5. The minimum atomic E-state index is 0.142. The number of hydrogen-bond acceptors (Lipinski definition) is 3. The van der Waals surface area contributed by atoms with Gasteiger partial charge in [0.25, 0.3) is 0 Å². The quantitative estimate of drug-likeness (QED) is 0.670. The van der Waals surface area contributed by atoms with Crippen molar-refractivity contribution in [3.05, 3.63) is 0 Å². The predicted octanol–water partition coefficient (Wildman–Crippen LogP) is -0.0307. The van der Waals surface area contributed by atoms with Crippen LogP contribution in [0.5, 0.6) is 0 Å². The van der Waals surface area contributed by atoms with Gasteiger partial charge in [-0.15, -0.1) is 0 Å². The number of nitrogens with one attached hydrogen (secondary N) is 1. The number of rotatable bonds is 4. The third kappa shape index (κ3) is 3.27. The molecule has 1 unspecified atom stereocenters. The largest absolute Gasteiger partial charge is 0.395 e. The lowest BCUT2D eigenvalue weighted by atomic mass is 10.1. The van der Waals surface area contributed by atoms with Crippen LogP contribution in [0.4, 0.5) is 0 Å². The van der Waals surface area contributed by atoms with Crippen molar-refractivity contribution in [2.24, 2.45) is 0 Å². The Balaban J connectivity index is 2.49. The number of carbonyl (C=O) groups excluding carboxylic acids is 1. The lowest BCUT2D eigenvalue weighted by molar-refractivity contribution is -0.121. The summed E-state index contributed by atoms with van der Waals surface area (Å²) in [7, 11) is 0. The van der Waals surface area contributed by atoms with E-state index >= 15 is 0 Å². The lowest BCUT2D eigenvalue weighted by Crippen LogP contribution is -2.39. The van der Waals surface area contributed by atoms with Crippen LogP contribution in [0, 0.1) is 0 Å². The number of nitrogens with zero attached hydrogens (tertiary/aromatic N) is 1. The normalized spacial score (nSPS) is 23.4. The summed E-state index contributed by atoms with van der Waals surface area (Å²) in [6, 6.07) is 0.314. The van der Waals surface area contributed by atoms with Crippen molar-refractivity contribution < 1.29 is 9.90 Å². The van der Waals surface area contributed by atoms with Crippen LogP contribution in [0.1, 0.15) is 26.2 Å². The summed E-state index contributed by atoms with van der Waals surface area (Å²) >= 11 is 0. The molecular formula is C10H20N2O2. The zero-order valence-electron chi connectivity index (χ0n) is 8.83. The second-order valence-electron chi connectivity index (χ2n) is 3.70. The Morgan fingerprint density at radius 3 is 3.07 bits per heavy atom. The summed E-state index contributed by atoms with van der Waals surface area (Å²) in [5.41, 5.74) is 0. The molecule has 1 fully saturated rings. The molecule has 0 aliphatic carbocycles. The molecule has 0 bridgehead atoms. The summed E-state index contributed by atoms with van der Waals surface area (Å²) < 4.78 is 0. The highest BCUT2D eigenvalue weighted by molar-refractivity contribution is 5.76. The van der Waals surface area contributed by atoms with Crippen LogP contribution in [0.15, 0.2) is 0 Å². The Morgan fingerprint density at radius 2 is 2.43 bits per heavy atom. The molecule has 1 rings (SSSR count). The molecule has 14 heavy (non-hydrogen) atoms. The number of likely N-dealkylation sites (N-methyl/N-ethyl adjacent to an activating group) is 1. The first-order valence-electron chi connectivity index (χ1n) is 5.39. The van der Waals surface area contributed by atoms with E-state index < -0.39 is 0 Å². The van der Waals surface area contributed by atoms with Crippen molar-refractivity contribution in [2.75, 3.05) is 26.2 Å². The standard InChI is InChI=1S/C10H20N2O2/c1-2-12(6-7-13)9-4-3-5-11-10(14)8-9/h9,13H,2-8H2,1H3,(H,11,14). The molecular weight excluding hydrogens is 180 g/mol. The maximum atomic E-state index is 11.3. The molecule has 0 aromatic rings. The molecule has 1 saturated heterocycles. The Labute approximate surface area is 85.3 Å². The second-order valence-corrected chi connectivity index (χ2v) is 3.70. The molecule has 1 aliphatic rings. The molecule has 1 heterocycles. The average Bonchev–Trinajstić information content (AvgIpc) is 2.39. The summed E-state index contributed by atoms with van der Waals surface area (Å²) in [6.45, 7) is 4.61. The molecule has 0 saturated carbocycles. The van der Waals surface area contributed by atoms with Gasteiger partial charge in [0.1, 0.15) is 0 Å². The van der Waals surface area contributed by atoms with Gasteiger partial charge in [-0.25, -0.2) is 0 Å². The topological polar surface area (TPSA) is 52.6 Å². The fourth-order valence-electron chi connectivity index (χ4n) is 1.99. The van der Waals surface area contributed by atoms with Crippen molar-refractivity contribution in [3.8, 4) is 0 Å². The molecule has 1 amide bonds. The van der Waals surface area contributed by atoms with Gasteiger partial charge < -0.3 is 10.4 Å². The van der Waals surface area contributed by atoms with Crippen molar-refractivity contribution in [2.45, 2.75) is 32.2 Å². The summed E-state index contributed by atoms with van der Waals surface area (Å²) in [5.74, 6) is 0.142. The smallest absolute Gasteiger partial charge is 0.221 e. The SMILES string of the molecule is CCN(CCO)C1CCCNC(=O)C1. The first kappa shape index (κ1) is 11.5. The molecule has 0 radical (unpaired) electrons. The Bertz CT molecular complexity index is 185. The maximum Gasteiger partial charge on any atom is 0.221 e. The zero-order valence-corrected chi connectivity index (χ0v) is 8.83. The predicted molar refractivity (Wildman–Crippen MR) is 55.0 cm³/mol. The lowest BCUT2D eigenvalue weighted by Gasteiger charge is -2.28. The van der Waals surface area contributed by atoms with E-state index in [0.717, 1.165) is 25.9 Å². The minimum absolute atomic E-state index is 0.142. The molecule has 2 N–H and O–H groups in total. The van der Waals surface area contributed by atoms with E-state index in [-0.39, 0.29) is 12.5 Å². The van der Waals surface area contributed by atoms with Crippen LogP contribution >= 0.6 is 0 Å². The second kappa shape index (κ2) is 5.98. The van der Waals surface area contributed by atoms with Crippen LogP contribution in [0.2, 0.25) is 0 Å². The van der Waals surface area contributed by atoms with Gasteiger partial charge in [0.15, 0.2) is 0 Å². The molecule has 4 heteroatoms. The number of amides is 1. The molecule has 0 spiro atoms. The molecule has 0 aromatic heterocycles. The average molecular weight is 200 g/mol. The number of carbonyl (C=O) groups is 1. The van der Waals surface area contributed by atoms with E-state index in [4.69, 9.17) is 5.11 Å². The Kier molecular flexibility index (Phi) is 4.90. The molecule has 1 aliphatic heterocycles. The molecule has 82 valence electrons. The van der Waals surface area contributed by atoms with Gasteiger partial charge in [0, 0.05) is 25.6 Å². The highest BCUT2D eigenvalue weighted by Crippen LogP contribution is 2.13. The third-order valence-electron chi connectivity index (χ3n) is 2.77. The van der Waals surface area contributed by atoms with Gasteiger partial charge in [-0.2, -0.15) is 0 Å². The first-order chi connectivity index (χ1) is 6.77. The van der Waals surface area contributed by atoms with Gasteiger partial charge in [0.05, 0.1) is 6.61 Å². The van der Waals surface area contributed by atoms with Crippen molar-refractivity contribution in [1.29, 1.82) is 0 Å². The van der Waals surface area contributed by atoms with Gasteiger partial charge in [0.2, 0.25) is 5.91 Å². The zero-order chi connectivity index (χ0) is 10.4. The van der Waals surface area contributed by atoms with Crippen LogP contribution < -0.4 is 5.32 Å². The van der Waals surface area contributed by atoms with E-state index in [1.54, 1.807) is 0 Å². The van der Waals surface area contributed by atoms with Crippen LogP contribution in [0.3, 0.4) is 0 Å². The molecule has 1 atom stereocenters. The Morgan fingerprint density at radius 1 is 1.64 bits per heavy atom. The van der Waals surface area contributed by atoms with E-state index in [1.807, 2.05) is 0 Å². The van der Waals surface area contributed by atoms with Crippen molar-refractivity contribution in [1.82, 2.24) is 10.2 Å². The van der Waals surface area contributed by atoms with Crippen molar-refractivity contribution in [3.63, 3.8) is 0 Å². The Hall–Kier alpha value is -0.610. The highest BCUT2D eigenvalue weighted by atomic mass is 16.3. The molecule has 0 aromatic carbocycles. The van der Waals surface area contributed by atoms with Crippen LogP contribution in [0.25, 0.3) is 0 Å². The molecule has 4 nitrogen and oxygen atoms in total. The first-order valence-corrected chi connectivity index (χ1v) is 5.39.